The van der Waals surface area contributed by atoms with Gasteiger partial charge in [0.1, 0.15) is 30.4 Å². The number of nitriles is 1. The molecule has 0 unspecified atom stereocenters. The summed E-state index contributed by atoms with van der Waals surface area (Å²) in [6.07, 6.45) is 3.36. The number of nitrogens with two attached hydrogens (primary N) is 1. The molecule has 3 aromatic rings. The van der Waals surface area contributed by atoms with Gasteiger partial charge in [0.25, 0.3) is 0 Å². The molecular weight excluding hydrogens is 442 g/mol. The summed E-state index contributed by atoms with van der Waals surface area (Å²) in [5, 5.41) is 11.5. The van der Waals surface area contributed by atoms with Crippen LogP contribution in [0.3, 0.4) is 0 Å². The molecule has 9 nitrogen and oxygen atoms in total. The summed E-state index contributed by atoms with van der Waals surface area (Å²) in [5.74, 6) is 1.58. The van der Waals surface area contributed by atoms with Crippen LogP contribution in [0, 0.1) is 11.3 Å². The van der Waals surface area contributed by atoms with Crippen molar-refractivity contribution in [2.45, 2.75) is 25.8 Å². The molecule has 35 heavy (non-hydrogen) atoms. The van der Waals surface area contributed by atoms with Crippen molar-refractivity contribution in [1.29, 1.82) is 5.26 Å². The van der Waals surface area contributed by atoms with E-state index in [1.54, 1.807) is 6.92 Å². The molecular formula is C26H29N7O2. The van der Waals surface area contributed by atoms with Gasteiger partial charge in [-0.15, -0.1) is 0 Å². The fourth-order valence-electron chi connectivity index (χ4n) is 5.01. The van der Waals surface area contributed by atoms with Gasteiger partial charge in [0, 0.05) is 50.7 Å². The predicted octanol–water partition coefficient (Wildman–Crippen LogP) is 2.80. The van der Waals surface area contributed by atoms with E-state index in [9.17, 15) is 10.1 Å². The first-order chi connectivity index (χ1) is 17.0. The van der Waals surface area contributed by atoms with Gasteiger partial charge in [0.15, 0.2) is 11.5 Å². The van der Waals surface area contributed by atoms with Crippen LogP contribution in [0.2, 0.25) is 0 Å². The van der Waals surface area contributed by atoms with E-state index in [4.69, 9.17) is 10.5 Å². The van der Waals surface area contributed by atoms with Crippen LogP contribution in [0.1, 0.15) is 25.5 Å². The highest BCUT2D eigenvalue weighted by Gasteiger charge is 2.29. The highest BCUT2D eigenvalue weighted by Crippen LogP contribution is 2.33. The normalized spacial score (nSPS) is 18.1. The molecule has 9 heteroatoms. The molecule has 180 valence electrons. The number of carbonyl (C=O) groups is 1. The first-order valence-corrected chi connectivity index (χ1v) is 12.0. The van der Waals surface area contributed by atoms with Crippen LogP contribution < -0.4 is 20.3 Å². The summed E-state index contributed by atoms with van der Waals surface area (Å²) < 4.78 is 6.38. The number of nitrogen functional groups attached to an aromatic ring is 1. The van der Waals surface area contributed by atoms with Gasteiger partial charge in [-0.3, -0.25) is 4.79 Å². The first kappa shape index (κ1) is 22.7. The quantitative estimate of drug-likeness (QED) is 0.605. The average Bonchev–Trinajstić information content (AvgIpc) is 3.35. The number of aromatic nitrogens is 2. The highest BCUT2D eigenvalue weighted by molar-refractivity contribution is 5.91. The molecule has 0 bridgehead atoms. The SMILES string of the molecule is CC(=O)N1CCN(c2ccc3cccc(OC[C@H]4CCCN4c4ncnc(C#N)c4N)c3c2)CC1. The van der Waals surface area contributed by atoms with E-state index in [-0.39, 0.29) is 17.6 Å². The minimum absolute atomic E-state index is 0.108. The molecule has 3 heterocycles. The molecule has 0 aliphatic carbocycles. The predicted molar refractivity (Wildman–Crippen MR) is 135 cm³/mol. The van der Waals surface area contributed by atoms with Crippen molar-refractivity contribution >= 4 is 33.9 Å². The Hall–Kier alpha value is -4.06. The number of hydrogen-bond acceptors (Lipinski definition) is 8. The summed E-state index contributed by atoms with van der Waals surface area (Å²) in [4.78, 5) is 26.3. The molecule has 2 fully saturated rings. The van der Waals surface area contributed by atoms with E-state index in [2.05, 4.69) is 44.0 Å². The Morgan fingerprint density at radius 2 is 2.00 bits per heavy atom. The minimum atomic E-state index is 0.108. The highest BCUT2D eigenvalue weighted by atomic mass is 16.5. The second kappa shape index (κ2) is 9.66. The van der Waals surface area contributed by atoms with E-state index in [1.807, 2.05) is 23.1 Å². The van der Waals surface area contributed by atoms with Gasteiger partial charge in [0.05, 0.1) is 6.04 Å². The van der Waals surface area contributed by atoms with E-state index >= 15 is 0 Å². The van der Waals surface area contributed by atoms with Crippen molar-refractivity contribution in [2.24, 2.45) is 0 Å². The number of carbonyl (C=O) groups excluding carboxylic acids is 1. The number of ether oxygens (including phenoxy) is 1. The van der Waals surface area contributed by atoms with Crippen LogP contribution in [-0.2, 0) is 4.79 Å². The Bertz CT molecular complexity index is 1280. The molecule has 2 saturated heterocycles. The van der Waals surface area contributed by atoms with Gasteiger partial charge < -0.3 is 25.2 Å². The Labute approximate surface area is 204 Å². The molecule has 2 aromatic carbocycles. The Kier molecular flexibility index (Phi) is 6.27. The van der Waals surface area contributed by atoms with Crippen LogP contribution in [0.4, 0.5) is 17.2 Å². The second-order valence-corrected chi connectivity index (χ2v) is 9.03. The lowest BCUT2D eigenvalue weighted by Gasteiger charge is -2.35. The molecule has 1 aromatic heterocycles. The smallest absolute Gasteiger partial charge is 0.219 e. The summed E-state index contributed by atoms with van der Waals surface area (Å²) in [6, 6.07) is 14.7. The second-order valence-electron chi connectivity index (χ2n) is 9.03. The molecule has 2 N–H and O–H groups in total. The lowest BCUT2D eigenvalue weighted by Crippen LogP contribution is -2.48. The van der Waals surface area contributed by atoms with Crippen molar-refractivity contribution in [1.82, 2.24) is 14.9 Å². The zero-order valence-corrected chi connectivity index (χ0v) is 19.9. The summed E-state index contributed by atoms with van der Waals surface area (Å²) >= 11 is 0. The Morgan fingerprint density at radius 3 is 2.77 bits per heavy atom. The molecule has 2 aliphatic heterocycles. The van der Waals surface area contributed by atoms with Gasteiger partial charge in [-0.25, -0.2) is 9.97 Å². The molecule has 0 radical (unpaired) electrons. The maximum atomic E-state index is 11.7. The third kappa shape index (κ3) is 4.52. The van der Waals surface area contributed by atoms with E-state index in [0.717, 1.165) is 67.8 Å². The van der Waals surface area contributed by atoms with Crippen LogP contribution in [0.25, 0.3) is 10.8 Å². The zero-order chi connectivity index (χ0) is 24.4. The number of hydrogen-bond donors (Lipinski definition) is 1. The number of anilines is 3. The van der Waals surface area contributed by atoms with E-state index in [0.29, 0.717) is 18.1 Å². The van der Waals surface area contributed by atoms with Crippen LogP contribution in [-0.4, -0.2) is 66.1 Å². The van der Waals surface area contributed by atoms with Gasteiger partial charge in [0.2, 0.25) is 5.91 Å². The Balaban J connectivity index is 1.34. The summed E-state index contributed by atoms with van der Waals surface area (Å²) in [6.45, 7) is 6.04. The van der Waals surface area contributed by atoms with Crippen LogP contribution in [0.5, 0.6) is 5.75 Å². The van der Waals surface area contributed by atoms with Gasteiger partial charge >= 0.3 is 0 Å². The lowest BCUT2D eigenvalue weighted by atomic mass is 10.1. The third-order valence-electron chi connectivity index (χ3n) is 6.97. The largest absolute Gasteiger partial charge is 0.491 e. The maximum absolute atomic E-state index is 11.7. The Morgan fingerprint density at radius 1 is 1.17 bits per heavy atom. The first-order valence-electron chi connectivity index (χ1n) is 12.0. The van der Waals surface area contributed by atoms with Crippen molar-refractivity contribution < 1.29 is 9.53 Å². The standard InChI is InChI=1S/C26H29N7O2/c1-18(34)31-10-12-32(13-11-31)20-8-7-19-4-2-6-24(22(19)14-20)35-16-21-5-3-9-33(21)26-25(28)23(15-27)29-17-30-26/h2,4,6-8,14,17,21H,3,5,9-13,16,28H2,1H3/t21-/m1/s1. The number of fused-ring (bicyclic) bond motifs is 1. The van der Waals surface area contributed by atoms with Crippen molar-refractivity contribution in [3.05, 3.63) is 48.4 Å². The molecule has 1 amide bonds. The number of amides is 1. The number of benzene rings is 2. The minimum Gasteiger partial charge on any atom is -0.491 e. The molecule has 2 aliphatic rings. The molecule has 5 rings (SSSR count). The molecule has 1 atom stereocenters. The van der Waals surface area contributed by atoms with Crippen molar-refractivity contribution in [2.75, 3.05) is 54.9 Å². The molecule has 0 spiro atoms. The van der Waals surface area contributed by atoms with Crippen molar-refractivity contribution in [3.8, 4) is 11.8 Å². The van der Waals surface area contributed by atoms with Crippen LogP contribution >= 0.6 is 0 Å². The van der Waals surface area contributed by atoms with E-state index in [1.165, 1.54) is 6.33 Å². The number of piperazine rings is 1. The van der Waals surface area contributed by atoms with Gasteiger partial charge in [-0.1, -0.05) is 18.2 Å². The number of rotatable bonds is 5. The topological polar surface area (TPSA) is 112 Å². The maximum Gasteiger partial charge on any atom is 0.219 e. The average molecular weight is 472 g/mol. The monoisotopic (exact) mass is 471 g/mol. The van der Waals surface area contributed by atoms with Gasteiger partial charge in [-0.05, 0) is 36.4 Å². The van der Waals surface area contributed by atoms with E-state index < -0.39 is 0 Å². The molecule has 0 saturated carbocycles. The summed E-state index contributed by atoms with van der Waals surface area (Å²) in [5.41, 5.74) is 7.83. The van der Waals surface area contributed by atoms with Crippen molar-refractivity contribution in [3.63, 3.8) is 0 Å². The lowest BCUT2D eigenvalue weighted by molar-refractivity contribution is -0.129. The van der Waals surface area contributed by atoms with Gasteiger partial charge in [-0.2, -0.15) is 5.26 Å². The zero-order valence-electron chi connectivity index (χ0n) is 19.9. The van der Waals surface area contributed by atoms with Crippen LogP contribution in [0.15, 0.2) is 42.7 Å². The third-order valence-corrected chi connectivity index (χ3v) is 6.97. The summed E-state index contributed by atoms with van der Waals surface area (Å²) in [7, 11) is 0. The number of nitrogens with zero attached hydrogens (tertiary/aromatic N) is 6. The fraction of sp³-hybridized carbons (Fsp3) is 0.385. The fourth-order valence-corrected chi connectivity index (χ4v) is 5.01.